The minimum atomic E-state index is 0.573. The minimum absolute atomic E-state index is 0.573. The zero-order chi connectivity index (χ0) is 16.2. The molecule has 0 aliphatic carbocycles. The molecule has 1 N–H and O–H groups in total. The van der Waals surface area contributed by atoms with Gasteiger partial charge >= 0.3 is 0 Å². The molecule has 7 heteroatoms. The van der Waals surface area contributed by atoms with Crippen molar-refractivity contribution in [2.24, 2.45) is 0 Å². The molecular weight excluding hydrogens is 304 g/mol. The van der Waals surface area contributed by atoms with Crippen molar-refractivity contribution >= 4 is 11.5 Å². The van der Waals surface area contributed by atoms with E-state index in [1.54, 1.807) is 0 Å². The number of tetrazole rings is 1. The Labute approximate surface area is 137 Å². The Morgan fingerprint density at radius 1 is 0.917 bits per heavy atom. The van der Waals surface area contributed by atoms with E-state index in [0.717, 1.165) is 17.1 Å². The fourth-order valence-electron chi connectivity index (χ4n) is 2.29. The zero-order valence-corrected chi connectivity index (χ0v) is 12.7. The highest BCUT2D eigenvalue weighted by atomic mass is 16.5. The third kappa shape index (κ3) is 3.00. The summed E-state index contributed by atoms with van der Waals surface area (Å²) < 4.78 is 7.34. The fourth-order valence-corrected chi connectivity index (χ4v) is 2.29. The van der Waals surface area contributed by atoms with Gasteiger partial charge in [-0.2, -0.15) is 0 Å². The number of anilines is 1. The van der Waals surface area contributed by atoms with Crippen molar-refractivity contribution in [1.29, 1.82) is 0 Å². The average molecular weight is 318 g/mol. The first-order valence-corrected chi connectivity index (χ1v) is 7.48. The first-order valence-electron chi connectivity index (χ1n) is 7.48. The number of para-hydroxylation sites is 2. The molecule has 2 aromatic carbocycles. The zero-order valence-electron chi connectivity index (χ0n) is 12.7. The Kier molecular flexibility index (Phi) is 3.73. The highest BCUT2D eigenvalue weighted by molar-refractivity contribution is 5.44. The van der Waals surface area contributed by atoms with E-state index >= 15 is 0 Å². The monoisotopic (exact) mass is 318 g/mol. The van der Waals surface area contributed by atoms with Gasteiger partial charge in [-0.25, -0.2) is 0 Å². The van der Waals surface area contributed by atoms with Crippen molar-refractivity contribution in [2.45, 2.75) is 6.54 Å². The lowest BCUT2D eigenvalue weighted by atomic mass is 10.2. The largest absolute Gasteiger partial charge is 0.457 e. The number of benzene rings is 2. The van der Waals surface area contributed by atoms with Crippen LogP contribution in [0.3, 0.4) is 0 Å². The SMILES string of the molecule is c1ccc(Oc2ccccc2CNc2ccc3nnnn3n2)cc1. The number of hydrogen-bond donors (Lipinski definition) is 1. The van der Waals surface area contributed by atoms with Crippen molar-refractivity contribution in [2.75, 3.05) is 5.32 Å². The van der Waals surface area contributed by atoms with E-state index < -0.39 is 0 Å². The van der Waals surface area contributed by atoms with Gasteiger partial charge in [-0.15, -0.1) is 14.8 Å². The van der Waals surface area contributed by atoms with E-state index in [9.17, 15) is 0 Å². The molecule has 0 bridgehead atoms. The summed E-state index contributed by atoms with van der Waals surface area (Å²) in [7, 11) is 0. The number of nitrogens with one attached hydrogen (secondary N) is 1. The fraction of sp³-hybridized carbons (Fsp3) is 0.0588. The van der Waals surface area contributed by atoms with Crippen LogP contribution in [0.1, 0.15) is 5.56 Å². The van der Waals surface area contributed by atoms with Crippen molar-refractivity contribution in [3.63, 3.8) is 0 Å². The van der Waals surface area contributed by atoms with Crippen LogP contribution in [0.4, 0.5) is 5.82 Å². The van der Waals surface area contributed by atoms with Gasteiger partial charge in [-0.3, -0.25) is 0 Å². The minimum Gasteiger partial charge on any atom is -0.457 e. The van der Waals surface area contributed by atoms with Crippen LogP contribution in [0.2, 0.25) is 0 Å². The Hall–Kier alpha value is -3.48. The van der Waals surface area contributed by atoms with Gasteiger partial charge in [0.2, 0.25) is 0 Å². The molecule has 0 spiro atoms. The Morgan fingerprint density at radius 3 is 2.67 bits per heavy atom. The Balaban J connectivity index is 1.52. The van der Waals surface area contributed by atoms with E-state index in [2.05, 4.69) is 25.9 Å². The van der Waals surface area contributed by atoms with Gasteiger partial charge in [0, 0.05) is 12.1 Å². The second-order valence-corrected chi connectivity index (χ2v) is 5.12. The molecule has 0 fully saturated rings. The summed E-state index contributed by atoms with van der Waals surface area (Å²) in [6.45, 7) is 0.573. The molecular formula is C17H14N6O. The van der Waals surface area contributed by atoms with Crippen molar-refractivity contribution in [1.82, 2.24) is 25.3 Å². The predicted octanol–water partition coefficient (Wildman–Crippen LogP) is 2.92. The first kappa shape index (κ1) is 14.1. The highest BCUT2D eigenvalue weighted by Gasteiger charge is 2.06. The van der Waals surface area contributed by atoms with Gasteiger partial charge in [-0.1, -0.05) is 36.4 Å². The van der Waals surface area contributed by atoms with Crippen LogP contribution in [-0.2, 0) is 6.54 Å². The average Bonchev–Trinajstić information content (AvgIpc) is 3.10. The van der Waals surface area contributed by atoms with Crippen molar-refractivity contribution in [3.05, 3.63) is 72.3 Å². The van der Waals surface area contributed by atoms with Crippen LogP contribution in [-0.4, -0.2) is 25.3 Å². The van der Waals surface area contributed by atoms with E-state index in [1.807, 2.05) is 66.7 Å². The van der Waals surface area contributed by atoms with Crippen LogP contribution < -0.4 is 10.1 Å². The summed E-state index contributed by atoms with van der Waals surface area (Å²) >= 11 is 0. The van der Waals surface area contributed by atoms with Gasteiger partial charge in [0.05, 0.1) is 0 Å². The van der Waals surface area contributed by atoms with E-state index in [1.165, 1.54) is 4.63 Å². The molecule has 0 saturated heterocycles. The molecule has 0 unspecified atom stereocenters. The molecule has 4 rings (SSSR count). The molecule has 0 saturated carbocycles. The maximum absolute atomic E-state index is 5.96. The summed E-state index contributed by atoms with van der Waals surface area (Å²) in [5.41, 5.74) is 1.63. The molecule has 0 atom stereocenters. The molecule has 2 heterocycles. The van der Waals surface area contributed by atoms with Crippen LogP contribution in [0.5, 0.6) is 11.5 Å². The predicted molar refractivity (Wildman–Crippen MR) is 88.9 cm³/mol. The summed E-state index contributed by atoms with van der Waals surface area (Å²) in [6, 6.07) is 21.2. The molecule has 2 aromatic heterocycles. The number of rotatable bonds is 5. The molecule has 0 amide bonds. The Bertz CT molecular complexity index is 953. The summed E-state index contributed by atoms with van der Waals surface area (Å²) in [4.78, 5) is 0. The number of hydrogen-bond acceptors (Lipinski definition) is 6. The third-order valence-electron chi connectivity index (χ3n) is 3.47. The number of aromatic nitrogens is 5. The van der Waals surface area contributed by atoms with Gasteiger partial charge in [0.1, 0.15) is 17.3 Å². The maximum Gasteiger partial charge on any atom is 0.200 e. The second kappa shape index (κ2) is 6.33. The molecule has 0 aliphatic rings. The smallest absolute Gasteiger partial charge is 0.200 e. The third-order valence-corrected chi connectivity index (χ3v) is 3.47. The van der Waals surface area contributed by atoms with Gasteiger partial charge < -0.3 is 10.1 Å². The summed E-state index contributed by atoms with van der Waals surface area (Å²) in [5.74, 6) is 2.29. The molecule has 24 heavy (non-hydrogen) atoms. The van der Waals surface area contributed by atoms with E-state index in [-0.39, 0.29) is 0 Å². The first-order chi connectivity index (χ1) is 11.9. The molecule has 4 aromatic rings. The lowest BCUT2D eigenvalue weighted by Gasteiger charge is -2.12. The molecule has 118 valence electrons. The highest BCUT2D eigenvalue weighted by Crippen LogP contribution is 2.25. The number of nitrogens with zero attached hydrogens (tertiary/aromatic N) is 5. The van der Waals surface area contributed by atoms with E-state index in [0.29, 0.717) is 18.0 Å². The standard InChI is InChI=1S/C17H14N6O/c1-2-7-14(8-3-1)24-15-9-5-4-6-13(15)12-18-16-10-11-17-19-21-22-23(17)20-16/h1-11H,12H2,(H,18,20). The van der Waals surface area contributed by atoms with Crippen molar-refractivity contribution in [3.8, 4) is 11.5 Å². The number of ether oxygens (including phenoxy) is 1. The lowest BCUT2D eigenvalue weighted by Crippen LogP contribution is -2.05. The number of fused-ring (bicyclic) bond motifs is 1. The summed E-state index contributed by atoms with van der Waals surface area (Å²) in [6.07, 6.45) is 0. The normalized spacial score (nSPS) is 10.7. The van der Waals surface area contributed by atoms with Crippen LogP contribution >= 0.6 is 0 Å². The van der Waals surface area contributed by atoms with Gasteiger partial charge in [0.15, 0.2) is 5.65 Å². The van der Waals surface area contributed by atoms with Crippen molar-refractivity contribution < 1.29 is 4.74 Å². The van der Waals surface area contributed by atoms with E-state index in [4.69, 9.17) is 4.74 Å². The van der Waals surface area contributed by atoms with Crippen LogP contribution in [0.25, 0.3) is 5.65 Å². The maximum atomic E-state index is 5.96. The quantitative estimate of drug-likeness (QED) is 0.609. The molecule has 7 nitrogen and oxygen atoms in total. The van der Waals surface area contributed by atoms with Crippen LogP contribution in [0.15, 0.2) is 66.7 Å². The molecule has 0 aliphatic heterocycles. The Morgan fingerprint density at radius 2 is 1.75 bits per heavy atom. The lowest BCUT2D eigenvalue weighted by molar-refractivity contribution is 0.477. The topological polar surface area (TPSA) is 77.2 Å². The van der Waals surface area contributed by atoms with Gasteiger partial charge in [0.25, 0.3) is 0 Å². The summed E-state index contributed by atoms with van der Waals surface area (Å²) in [5, 5.41) is 18.7. The molecule has 0 radical (unpaired) electrons. The second-order valence-electron chi connectivity index (χ2n) is 5.12. The van der Waals surface area contributed by atoms with Crippen LogP contribution in [0, 0.1) is 0 Å². The van der Waals surface area contributed by atoms with Gasteiger partial charge in [-0.05, 0) is 40.8 Å².